The number of anilines is 1. The summed E-state index contributed by atoms with van der Waals surface area (Å²) in [6.07, 6.45) is 0.234. The van der Waals surface area contributed by atoms with E-state index in [0.29, 0.717) is 6.54 Å². The fourth-order valence-electron chi connectivity index (χ4n) is 3.89. The Kier molecular flexibility index (Phi) is 4.86. The Morgan fingerprint density at radius 3 is 2.64 bits per heavy atom. The zero-order chi connectivity index (χ0) is 19.7. The second-order valence-electron chi connectivity index (χ2n) is 7.17. The van der Waals surface area contributed by atoms with E-state index in [1.165, 1.54) is 0 Å². The first-order valence-corrected chi connectivity index (χ1v) is 9.69. The van der Waals surface area contributed by atoms with Crippen LogP contribution in [0.5, 0.6) is 0 Å². The lowest BCUT2D eigenvalue weighted by Gasteiger charge is -2.19. The Labute approximate surface area is 164 Å². The Morgan fingerprint density at radius 2 is 1.89 bits per heavy atom. The summed E-state index contributed by atoms with van der Waals surface area (Å²) >= 11 is 0. The number of aryl methyl sites for hydroxylation is 1. The third kappa shape index (κ3) is 3.26. The van der Waals surface area contributed by atoms with Crippen LogP contribution in [0.1, 0.15) is 32.1 Å². The van der Waals surface area contributed by atoms with E-state index in [-0.39, 0.29) is 30.2 Å². The van der Waals surface area contributed by atoms with Crippen LogP contribution in [0.15, 0.2) is 54.6 Å². The van der Waals surface area contributed by atoms with Crippen molar-refractivity contribution in [1.29, 1.82) is 0 Å². The molecule has 6 nitrogen and oxygen atoms in total. The van der Waals surface area contributed by atoms with Crippen molar-refractivity contribution in [3.05, 3.63) is 60.4 Å². The number of rotatable bonds is 5. The van der Waals surface area contributed by atoms with E-state index in [1.807, 2.05) is 61.5 Å². The summed E-state index contributed by atoms with van der Waals surface area (Å²) in [5.74, 6) is 0.365. The molecule has 0 bridgehead atoms. The predicted octanol–water partition coefficient (Wildman–Crippen LogP) is 3.29. The summed E-state index contributed by atoms with van der Waals surface area (Å²) in [6, 6.07) is 17.2. The number of hydrogen-bond donors (Lipinski definition) is 1. The lowest BCUT2D eigenvalue weighted by atomic mass is 10.1. The van der Waals surface area contributed by atoms with Crippen LogP contribution < -0.4 is 10.2 Å². The number of nitrogens with zero attached hydrogens (tertiary/aromatic N) is 3. The summed E-state index contributed by atoms with van der Waals surface area (Å²) in [4.78, 5) is 31.6. The van der Waals surface area contributed by atoms with Crippen LogP contribution in [0.4, 0.5) is 5.69 Å². The van der Waals surface area contributed by atoms with Crippen LogP contribution in [0, 0.1) is 5.92 Å². The first-order valence-electron chi connectivity index (χ1n) is 9.69. The molecule has 0 saturated carbocycles. The molecule has 1 aliphatic rings. The van der Waals surface area contributed by atoms with Crippen molar-refractivity contribution in [2.75, 3.05) is 11.4 Å². The van der Waals surface area contributed by atoms with Gasteiger partial charge in [0.25, 0.3) is 0 Å². The maximum atomic E-state index is 12.8. The zero-order valence-corrected chi connectivity index (χ0v) is 16.1. The molecule has 3 aromatic rings. The monoisotopic (exact) mass is 376 g/mol. The van der Waals surface area contributed by atoms with Crippen molar-refractivity contribution in [3.8, 4) is 0 Å². The van der Waals surface area contributed by atoms with Gasteiger partial charge in [-0.05, 0) is 38.1 Å². The number of benzene rings is 2. The second kappa shape index (κ2) is 7.46. The van der Waals surface area contributed by atoms with Crippen LogP contribution in [0.25, 0.3) is 11.0 Å². The number of amides is 2. The SMILES string of the molecule is CCn1c([C@@H](C)NC(=O)[C@H]2CC(=O)N(c3ccccc3)C2)nc2ccccc21. The molecule has 0 aliphatic carbocycles. The van der Waals surface area contributed by atoms with Gasteiger partial charge >= 0.3 is 0 Å². The minimum absolute atomic E-state index is 0.0141. The van der Waals surface area contributed by atoms with Gasteiger partial charge in [-0.15, -0.1) is 0 Å². The molecule has 28 heavy (non-hydrogen) atoms. The fraction of sp³-hybridized carbons (Fsp3) is 0.318. The summed E-state index contributed by atoms with van der Waals surface area (Å²) in [7, 11) is 0. The quantitative estimate of drug-likeness (QED) is 0.743. The van der Waals surface area contributed by atoms with Crippen molar-refractivity contribution >= 4 is 28.5 Å². The van der Waals surface area contributed by atoms with E-state index < -0.39 is 0 Å². The van der Waals surface area contributed by atoms with Gasteiger partial charge < -0.3 is 14.8 Å². The topological polar surface area (TPSA) is 67.2 Å². The molecule has 0 unspecified atom stereocenters. The van der Waals surface area contributed by atoms with Crippen molar-refractivity contribution < 1.29 is 9.59 Å². The minimum atomic E-state index is -0.352. The predicted molar refractivity (Wildman–Crippen MR) is 109 cm³/mol. The van der Waals surface area contributed by atoms with Crippen LogP contribution in [0.3, 0.4) is 0 Å². The second-order valence-corrected chi connectivity index (χ2v) is 7.17. The Balaban J connectivity index is 1.49. The van der Waals surface area contributed by atoms with E-state index >= 15 is 0 Å². The number of carbonyl (C=O) groups excluding carboxylic acids is 2. The van der Waals surface area contributed by atoms with Crippen molar-refractivity contribution in [2.24, 2.45) is 5.92 Å². The number of fused-ring (bicyclic) bond motifs is 1. The molecule has 144 valence electrons. The molecule has 1 aliphatic heterocycles. The first kappa shape index (κ1) is 18.2. The van der Waals surface area contributed by atoms with Gasteiger partial charge in [-0.2, -0.15) is 0 Å². The van der Waals surface area contributed by atoms with Gasteiger partial charge in [0.05, 0.1) is 23.0 Å². The molecular weight excluding hydrogens is 352 g/mol. The van der Waals surface area contributed by atoms with E-state index in [4.69, 9.17) is 4.98 Å². The number of hydrogen-bond acceptors (Lipinski definition) is 3. The molecule has 6 heteroatoms. The van der Waals surface area contributed by atoms with Crippen molar-refractivity contribution in [2.45, 2.75) is 32.9 Å². The normalized spacial score (nSPS) is 17.9. The highest BCUT2D eigenvalue weighted by Crippen LogP contribution is 2.26. The minimum Gasteiger partial charge on any atom is -0.346 e. The van der Waals surface area contributed by atoms with Gasteiger partial charge in [-0.25, -0.2) is 4.98 Å². The van der Waals surface area contributed by atoms with E-state index in [9.17, 15) is 9.59 Å². The Morgan fingerprint density at radius 1 is 1.18 bits per heavy atom. The van der Waals surface area contributed by atoms with Crippen LogP contribution >= 0.6 is 0 Å². The van der Waals surface area contributed by atoms with Gasteiger partial charge in [0.15, 0.2) is 0 Å². The summed E-state index contributed by atoms with van der Waals surface area (Å²) in [5.41, 5.74) is 2.82. The molecule has 1 saturated heterocycles. The number of carbonyl (C=O) groups is 2. The van der Waals surface area contributed by atoms with Gasteiger partial charge in [-0.1, -0.05) is 30.3 Å². The maximum absolute atomic E-state index is 12.8. The highest BCUT2D eigenvalue weighted by atomic mass is 16.2. The summed E-state index contributed by atoms with van der Waals surface area (Å²) < 4.78 is 2.12. The number of nitrogens with one attached hydrogen (secondary N) is 1. The van der Waals surface area contributed by atoms with Gasteiger partial charge in [0, 0.05) is 25.2 Å². The number of aromatic nitrogens is 2. The standard InChI is InChI=1S/C22H24N4O2/c1-3-25-19-12-8-7-11-18(19)24-21(25)15(2)23-22(28)16-13-20(27)26(14-16)17-9-5-4-6-10-17/h4-12,15-16H,3,13-14H2,1-2H3,(H,23,28)/t15-,16+/m1/s1. The number of imidazole rings is 1. The molecule has 2 heterocycles. The van der Waals surface area contributed by atoms with Crippen LogP contribution in [-0.2, 0) is 16.1 Å². The molecule has 4 rings (SSSR count). The third-order valence-electron chi connectivity index (χ3n) is 5.31. The average molecular weight is 376 g/mol. The largest absolute Gasteiger partial charge is 0.346 e. The molecule has 0 radical (unpaired) electrons. The van der Waals surface area contributed by atoms with Gasteiger partial charge in [0.1, 0.15) is 5.82 Å². The van der Waals surface area contributed by atoms with Gasteiger partial charge in [0.2, 0.25) is 11.8 Å². The zero-order valence-electron chi connectivity index (χ0n) is 16.1. The first-order chi connectivity index (χ1) is 13.6. The van der Waals surface area contributed by atoms with Crippen LogP contribution in [0.2, 0.25) is 0 Å². The molecule has 1 N–H and O–H groups in total. The van der Waals surface area contributed by atoms with Crippen molar-refractivity contribution in [3.63, 3.8) is 0 Å². The molecule has 2 atom stereocenters. The highest BCUT2D eigenvalue weighted by molar-refractivity contribution is 6.00. The summed E-state index contributed by atoms with van der Waals surface area (Å²) in [5, 5.41) is 3.07. The third-order valence-corrected chi connectivity index (χ3v) is 5.31. The van der Waals surface area contributed by atoms with Crippen LogP contribution in [-0.4, -0.2) is 27.9 Å². The van der Waals surface area contributed by atoms with Crippen molar-refractivity contribution in [1.82, 2.24) is 14.9 Å². The number of para-hydroxylation sites is 3. The molecule has 1 aromatic heterocycles. The molecule has 2 aromatic carbocycles. The Hall–Kier alpha value is -3.15. The van der Waals surface area contributed by atoms with Gasteiger partial charge in [-0.3, -0.25) is 9.59 Å². The van der Waals surface area contributed by atoms with E-state index in [0.717, 1.165) is 29.1 Å². The smallest absolute Gasteiger partial charge is 0.227 e. The lowest BCUT2D eigenvalue weighted by Crippen LogP contribution is -2.35. The summed E-state index contributed by atoms with van der Waals surface area (Å²) in [6.45, 7) is 5.20. The highest BCUT2D eigenvalue weighted by Gasteiger charge is 2.35. The maximum Gasteiger partial charge on any atom is 0.227 e. The molecular formula is C22H24N4O2. The Bertz CT molecular complexity index is 1010. The van der Waals surface area contributed by atoms with E-state index in [2.05, 4.69) is 16.8 Å². The molecule has 2 amide bonds. The average Bonchev–Trinajstić information content (AvgIpc) is 3.29. The molecule has 1 fully saturated rings. The fourth-order valence-corrected chi connectivity index (χ4v) is 3.89. The lowest BCUT2D eigenvalue weighted by molar-refractivity contribution is -0.126. The van der Waals surface area contributed by atoms with E-state index in [1.54, 1.807) is 4.90 Å². The molecule has 0 spiro atoms.